The Morgan fingerprint density at radius 3 is 2.50 bits per heavy atom. The molecule has 1 aromatic heterocycles. The summed E-state index contributed by atoms with van der Waals surface area (Å²) in [5.74, 6) is 2.12. The van der Waals surface area contributed by atoms with Gasteiger partial charge in [0.25, 0.3) is 0 Å². The summed E-state index contributed by atoms with van der Waals surface area (Å²) in [4.78, 5) is 19.3. The van der Waals surface area contributed by atoms with E-state index in [0.717, 1.165) is 59.4 Å². The largest absolute Gasteiger partial charge is 0.481 e. The summed E-state index contributed by atoms with van der Waals surface area (Å²) in [6.07, 6.45) is 16.5. The summed E-state index contributed by atoms with van der Waals surface area (Å²) < 4.78 is 0. The lowest BCUT2D eigenvalue weighted by atomic mass is 9.53. The molecule has 7 nitrogen and oxygen atoms in total. The number of allylic oxidation sites excluding steroid dienone is 1. The Balaban J connectivity index is 1.35. The first-order valence-corrected chi connectivity index (χ1v) is 13.0. The summed E-state index contributed by atoms with van der Waals surface area (Å²) in [5, 5.41) is 25.4. The predicted molar refractivity (Wildman–Crippen MR) is 140 cm³/mol. The van der Waals surface area contributed by atoms with E-state index < -0.39 is 5.97 Å². The Hall–Kier alpha value is -3.66. The number of rotatable bonds is 8. The fraction of sp³-hybridized carbons (Fsp3) is 0.448. The number of anilines is 1. The van der Waals surface area contributed by atoms with Gasteiger partial charge in [0, 0.05) is 35.6 Å². The molecule has 0 atom stereocenters. The van der Waals surface area contributed by atoms with Gasteiger partial charge in [-0.15, -0.1) is 4.99 Å². The number of guanidine groups is 1. The van der Waals surface area contributed by atoms with Crippen LogP contribution in [0.15, 0.2) is 59.9 Å². The molecule has 4 saturated carbocycles. The normalized spacial score (nSPS) is 26.9. The van der Waals surface area contributed by atoms with Crippen LogP contribution in [0.4, 0.5) is 5.69 Å². The Morgan fingerprint density at radius 2 is 1.86 bits per heavy atom. The second kappa shape index (κ2) is 10.5. The van der Waals surface area contributed by atoms with Crippen LogP contribution in [0.25, 0.3) is 5.57 Å². The van der Waals surface area contributed by atoms with Gasteiger partial charge in [0.1, 0.15) is 0 Å². The van der Waals surface area contributed by atoms with Crippen LogP contribution in [0.1, 0.15) is 68.9 Å². The van der Waals surface area contributed by atoms with Crippen molar-refractivity contribution in [3.8, 4) is 6.19 Å². The predicted octanol–water partition coefficient (Wildman–Crippen LogP) is 5.58. The quantitative estimate of drug-likeness (QED) is 0.196. The molecule has 0 aliphatic heterocycles. The number of aliphatic imine (C=N–C) groups is 1. The van der Waals surface area contributed by atoms with Crippen LogP contribution in [-0.4, -0.2) is 27.6 Å². The number of aromatic nitrogens is 1. The van der Waals surface area contributed by atoms with Crippen LogP contribution in [0, 0.1) is 29.2 Å². The SMILES string of the molecule is N#CN=C(Nc1cccc(C(=CCCCC(=O)O)c2cccnc2)c1)NC12CC3CC(CC(C3)C1)C2. The summed E-state index contributed by atoms with van der Waals surface area (Å²) in [6.45, 7) is 0. The molecule has 7 heteroatoms. The molecule has 4 aliphatic carbocycles. The number of nitriles is 1. The van der Waals surface area contributed by atoms with E-state index in [1.165, 1.54) is 19.3 Å². The molecular weight excluding hydrogens is 450 g/mol. The monoisotopic (exact) mass is 483 g/mol. The second-order valence-electron chi connectivity index (χ2n) is 10.7. The average Bonchev–Trinajstić information content (AvgIpc) is 2.83. The van der Waals surface area contributed by atoms with Crippen molar-refractivity contribution in [1.82, 2.24) is 10.3 Å². The number of nitrogens with one attached hydrogen (secondary N) is 2. The van der Waals surface area contributed by atoms with Crippen LogP contribution < -0.4 is 10.6 Å². The lowest BCUT2D eigenvalue weighted by Gasteiger charge is -2.57. The highest BCUT2D eigenvalue weighted by Gasteiger charge is 2.51. The lowest BCUT2D eigenvalue weighted by molar-refractivity contribution is -0.137. The van der Waals surface area contributed by atoms with Gasteiger partial charge >= 0.3 is 5.97 Å². The molecule has 4 aliphatic rings. The smallest absolute Gasteiger partial charge is 0.303 e. The van der Waals surface area contributed by atoms with Crippen molar-refractivity contribution in [2.75, 3.05) is 5.32 Å². The molecule has 6 rings (SSSR count). The van der Waals surface area contributed by atoms with Crippen LogP contribution in [0.5, 0.6) is 0 Å². The number of carboxylic acid groups (broad SMARTS) is 1. The van der Waals surface area contributed by atoms with Gasteiger partial charge in [-0.25, -0.2) is 0 Å². The van der Waals surface area contributed by atoms with Crippen molar-refractivity contribution in [3.05, 3.63) is 66.0 Å². The number of unbranched alkanes of at least 4 members (excludes halogenated alkanes) is 1. The third kappa shape index (κ3) is 5.59. The molecule has 0 radical (unpaired) electrons. The molecule has 4 bridgehead atoms. The molecule has 0 amide bonds. The maximum absolute atomic E-state index is 10.9. The van der Waals surface area contributed by atoms with E-state index >= 15 is 0 Å². The third-order valence-electron chi connectivity index (χ3n) is 7.94. The van der Waals surface area contributed by atoms with E-state index in [9.17, 15) is 10.1 Å². The van der Waals surface area contributed by atoms with Gasteiger partial charge in [-0.3, -0.25) is 9.78 Å². The molecule has 0 unspecified atom stereocenters. The minimum Gasteiger partial charge on any atom is -0.481 e. The molecule has 1 aromatic carbocycles. The van der Waals surface area contributed by atoms with Crippen molar-refractivity contribution < 1.29 is 9.90 Å². The third-order valence-corrected chi connectivity index (χ3v) is 7.94. The van der Waals surface area contributed by atoms with Crippen molar-refractivity contribution in [1.29, 1.82) is 5.26 Å². The number of carbonyl (C=O) groups is 1. The van der Waals surface area contributed by atoms with Gasteiger partial charge < -0.3 is 15.7 Å². The van der Waals surface area contributed by atoms with Gasteiger partial charge in [-0.2, -0.15) is 5.26 Å². The first-order valence-electron chi connectivity index (χ1n) is 13.0. The number of nitrogens with zero attached hydrogens (tertiary/aromatic N) is 3. The Labute approximate surface area is 212 Å². The Bertz CT molecular complexity index is 1160. The summed E-state index contributed by atoms with van der Waals surface area (Å²) in [5.41, 5.74) is 3.86. The number of carboxylic acids is 1. The van der Waals surface area contributed by atoms with Crippen LogP contribution in [-0.2, 0) is 4.79 Å². The summed E-state index contributed by atoms with van der Waals surface area (Å²) in [6, 6.07) is 11.9. The van der Waals surface area contributed by atoms with Gasteiger partial charge in [-0.1, -0.05) is 24.3 Å². The van der Waals surface area contributed by atoms with Gasteiger partial charge in [0.15, 0.2) is 0 Å². The van der Waals surface area contributed by atoms with Crippen LogP contribution >= 0.6 is 0 Å². The van der Waals surface area contributed by atoms with E-state index in [1.807, 2.05) is 48.8 Å². The number of pyridine rings is 1. The first-order chi connectivity index (χ1) is 17.5. The summed E-state index contributed by atoms with van der Waals surface area (Å²) >= 11 is 0. The number of benzene rings is 1. The molecule has 3 N–H and O–H groups in total. The average molecular weight is 484 g/mol. The van der Waals surface area contributed by atoms with Gasteiger partial charge in [0.05, 0.1) is 0 Å². The molecule has 0 saturated heterocycles. The topological polar surface area (TPSA) is 110 Å². The van der Waals surface area contributed by atoms with Crippen molar-refractivity contribution in [2.24, 2.45) is 22.7 Å². The van der Waals surface area contributed by atoms with Crippen molar-refractivity contribution >= 4 is 23.2 Å². The zero-order valence-corrected chi connectivity index (χ0v) is 20.5. The lowest BCUT2D eigenvalue weighted by Crippen LogP contribution is -2.60. The van der Waals surface area contributed by atoms with Gasteiger partial charge in [-0.05, 0) is 98.5 Å². The van der Waals surface area contributed by atoms with E-state index in [2.05, 4.69) is 26.7 Å². The highest BCUT2D eigenvalue weighted by atomic mass is 16.4. The maximum atomic E-state index is 10.9. The standard InChI is InChI=1S/C29H33N5O2/c30-19-32-28(34-29-15-20-11-21(16-29)13-22(12-20)17-29)33-25-7-3-5-23(14-25)26(8-1-2-9-27(35)36)24-6-4-10-31-18-24/h3-8,10,14,18,20-22H,1-2,9,11-13,15-17H2,(H,35,36)(H2,32,33,34). The first kappa shape index (κ1) is 24.1. The van der Waals surface area contributed by atoms with E-state index in [0.29, 0.717) is 18.8 Å². The number of hydrogen-bond acceptors (Lipinski definition) is 4. The summed E-state index contributed by atoms with van der Waals surface area (Å²) in [7, 11) is 0. The second-order valence-corrected chi connectivity index (χ2v) is 10.7. The fourth-order valence-electron chi connectivity index (χ4n) is 6.98. The minimum atomic E-state index is -0.784. The van der Waals surface area contributed by atoms with Gasteiger partial charge in [0.2, 0.25) is 12.2 Å². The van der Waals surface area contributed by atoms with E-state index in [4.69, 9.17) is 5.11 Å². The molecule has 0 spiro atoms. The highest BCUT2D eigenvalue weighted by molar-refractivity contribution is 5.95. The van der Waals surface area contributed by atoms with Crippen LogP contribution in [0.3, 0.4) is 0 Å². The molecule has 1 heterocycles. The Kier molecular flexibility index (Phi) is 7.04. The fourth-order valence-corrected chi connectivity index (χ4v) is 6.98. The van der Waals surface area contributed by atoms with E-state index in [1.54, 1.807) is 6.20 Å². The van der Waals surface area contributed by atoms with Crippen LogP contribution in [0.2, 0.25) is 0 Å². The number of hydrogen-bond donors (Lipinski definition) is 3. The molecule has 186 valence electrons. The maximum Gasteiger partial charge on any atom is 0.303 e. The zero-order valence-electron chi connectivity index (χ0n) is 20.5. The van der Waals surface area contributed by atoms with E-state index in [-0.39, 0.29) is 12.0 Å². The Morgan fingerprint density at radius 1 is 1.14 bits per heavy atom. The van der Waals surface area contributed by atoms with Crippen molar-refractivity contribution in [2.45, 2.75) is 63.3 Å². The minimum absolute atomic E-state index is 0.0416. The molecular formula is C29H33N5O2. The zero-order chi connectivity index (χ0) is 25.0. The molecule has 2 aromatic rings. The van der Waals surface area contributed by atoms with Crippen molar-refractivity contribution in [3.63, 3.8) is 0 Å². The number of aliphatic carboxylic acids is 1. The molecule has 36 heavy (non-hydrogen) atoms. The molecule has 4 fully saturated rings. The highest BCUT2D eigenvalue weighted by Crippen LogP contribution is 2.55.